The van der Waals surface area contributed by atoms with Gasteiger partial charge in [-0.05, 0) is 30.7 Å². The van der Waals surface area contributed by atoms with Crippen molar-refractivity contribution in [3.63, 3.8) is 0 Å². The van der Waals surface area contributed by atoms with Gasteiger partial charge in [-0.3, -0.25) is 4.68 Å². The van der Waals surface area contributed by atoms with Gasteiger partial charge in [0.05, 0.1) is 11.4 Å². The molecule has 102 valence electrons. The highest BCUT2D eigenvalue weighted by Gasteiger charge is 2.21. The summed E-state index contributed by atoms with van der Waals surface area (Å²) in [5, 5.41) is 5.20. The lowest BCUT2D eigenvalue weighted by Crippen LogP contribution is -2.25. The fourth-order valence-electron chi connectivity index (χ4n) is 1.86. The number of benzene rings is 1. The molecule has 0 aliphatic rings. The lowest BCUT2D eigenvalue weighted by atomic mass is 10.1. The summed E-state index contributed by atoms with van der Waals surface area (Å²) in [6.07, 6.45) is 4.85. The van der Waals surface area contributed by atoms with Gasteiger partial charge in [-0.2, -0.15) is 5.10 Å². The molecule has 0 spiro atoms. The van der Waals surface area contributed by atoms with Gasteiger partial charge < -0.3 is 5.73 Å². The standard InChI is InChI=1S/C14H18ClN3S/c1-3-13(16)14(10-8-17-18(2)9-10)19-12-6-4-11(15)5-7-12/h4-9,13-14H,3,16H2,1-2H3. The zero-order valence-electron chi connectivity index (χ0n) is 11.1. The van der Waals surface area contributed by atoms with Gasteiger partial charge in [0.2, 0.25) is 0 Å². The van der Waals surface area contributed by atoms with Crippen LogP contribution in [0.3, 0.4) is 0 Å². The number of nitrogens with zero attached hydrogens (tertiary/aromatic N) is 2. The van der Waals surface area contributed by atoms with Crippen LogP contribution in [-0.2, 0) is 7.05 Å². The molecule has 1 aromatic heterocycles. The molecule has 0 fully saturated rings. The molecule has 1 heterocycles. The molecule has 0 aliphatic carbocycles. The largest absolute Gasteiger partial charge is 0.326 e. The van der Waals surface area contributed by atoms with Crippen molar-refractivity contribution in [1.29, 1.82) is 0 Å². The molecule has 1 aromatic carbocycles. The smallest absolute Gasteiger partial charge is 0.0533 e. The molecule has 3 nitrogen and oxygen atoms in total. The van der Waals surface area contributed by atoms with Crippen molar-refractivity contribution in [2.45, 2.75) is 29.5 Å². The molecule has 0 bridgehead atoms. The molecule has 0 saturated heterocycles. The van der Waals surface area contributed by atoms with Crippen LogP contribution in [0.25, 0.3) is 0 Å². The van der Waals surface area contributed by atoms with Gasteiger partial charge in [-0.15, -0.1) is 11.8 Å². The molecular weight excluding hydrogens is 278 g/mol. The van der Waals surface area contributed by atoms with E-state index in [9.17, 15) is 0 Å². The Kier molecular flexibility index (Phi) is 4.91. The number of thioether (sulfide) groups is 1. The Morgan fingerprint density at radius 2 is 2.05 bits per heavy atom. The Morgan fingerprint density at radius 1 is 1.37 bits per heavy atom. The van der Waals surface area contributed by atoms with Crippen LogP contribution in [0.5, 0.6) is 0 Å². The number of hydrogen-bond donors (Lipinski definition) is 1. The van der Waals surface area contributed by atoms with Crippen LogP contribution in [0, 0.1) is 0 Å². The van der Waals surface area contributed by atoms with Gasteiger partial charge in [0.15, 0.2) is 0 Å². The molecule has 2 unspecified atom stereocenters. The summed E-state index contributed by atoms with van der Waals surface area (Å²) in [7, 11) is 1.92. The molecule has 2 rings (SSSR count). The van der Waals surface area contributed by atoms with Gasteiger partial charge in [-0.1, -0.05) is 18.5 Å². The highest BCUT2D eigenvalue weighted by molar-refractivity contribution is 7.99. The van der Waals surface area contributed by atoms with Crippen molar-refractivity contribution in [2.24, 2.45) is 12.8 Å². The normalized spacial score (nSPS) is 14.3. The molecule has 0 saturated carbocycles. The van der Waals surface area contributed by atoms with Crippen LogP contribution in [0.1, 0.15) is 24.2 Å². The summed E-state index contributed by atoms with van der Waals surface area (Å²) in [6, 6.07) is 7.96. The first-order chi connectivity index (χ1) is 9.10. The molecule has 0 radical (unpaired) electrons. The van der Waals surface area contributed by atoms with Gasteiger partial charge in [-0.25, -0.2) is 0 Å². The average molecular weight is 296 g/mol. The summed E-state index contributed by atoms with van der Waals surface area (Å²) in [6.45, 7) is 2.11. The van der Waals surface area contributed by atoms with Crippen LogP contribution in [0.4, 0.5) is 0 Å². The highest BCUT2D eigenvalue weighted by atomic mass is 35.5. The maximum absolute atomic E-state index is 6.25. The van der Waals surface area contributed by atoms with Crippen LogP contribution in [0.15, 0.2) is 41.6 Å². The molecule has 0 aliphatic heterocycles. The highest BCUT2D eigenvalue weighted by Crippen LogP contribution is 2.38. The van der Waals surface area contributed by atoms with Crippen LogP contribution >= 0.6 is 23.4 Å². The van der Waals surface area contributed by atoms with E-state index in [1.807, 2.05) is 48.4 Å². The monoisotopic (exact) mass is 295 g/mol. The van der Waals surface area contributed by atoms with Gasteiger partial charge in [0.25, 0.3) is 0 Å². The first kappa shape index (κ1) is 14.4. The van der Waals surface area contributed by atoms with Crippen molar-refractivity contribution in [3.05, 3.63) is 47.2 Å². The van der Waals surface area contributed by atoms with E-state index < -0.39 is 0 Å². The number of aryl methyl sites for hydroxylation is 1. The maximum Gasteiger partial charge on any atom is 0.0533 e. The third-order valence-corrected chi connectivity index (χ3v) is 4.66. The predicted octanol–water partition coefficient (Wildman–Crippen LogP) is 3.64. The van der Waals surface area contributed by atoms with Gasteiger partial charge >= 0.3 is 0 Å². The topological polar surface area (TPSA) is 43.8 Å². The average Bonchev–Trinajstić information content (AvgIpc) is 2.83. The molecule has 19 heavy (non-hydrogen) atoms. The molecule has 2 N–H and O–H groups in total. The lowest BCUT2D eigenvalue weighted by molar-refractivity contribution is 0.633. The fraction of sp³-hybridized carbons (Fsp3) is 0.357. The quantitative estimate of drug-likeness (QED) is 0.857. The van der Waals surface area contributed by atoms with E-state index >= 15 is 0 Å². The van der Waals surface area contributed by atoms with E-state index in [0.717, 1.165) is 17.0 Å². The maximum atomic E-state index is 6.25. The third-order valence-electron chi connectivity index (χ3n) is 2.99. The van der Waals surface area contributed by atoms with Crippen molar-refractivity contribution < 1.29 is 0 Å². The minimum Gasteiger partial charge on any atom is -0.326 e. The zero-order valence-corrected chi connectivity index (χ0v) is 12.7. The molecule has 5 heteroatoms. The Labute approximate surface area is 123 Å². The van der Waals surface area contributed by atoms with E-state index in [2.05, 4.69) is 12.0 Å². The second kappa shape index (κ2) is 6.46. The van der Waals surface area contributed by atoms with Crippen molar-refractivity contribution >= 4 is 23.4 Å². The molecule has 2 aromatic rings. The summed E-state index contributed by atoms with van der Waals surface area (Å²) in [5.74, 6) is 0. The summed E-state index contributed by atoms with van der Waals surface area (Å²) in [5.41, 5.74) is 7.42. The van der Waals surface area contributed by atoms with Gasteiger partial charge in [0.1, 0.15) is 0 Å². The number of rotatable bonds is 5. The zero-order chi connectivity index (χ0) is 13.8. The number of halogens is 1. The number of nitrogens with two attached hydrogens (primary N) is 1. The van der Waals surface area contributed by atoms with E-state index in [0.29, 0.717) is 0 Å². The minimum atomic E-state index is 0.102. The van der Waals surface area contributed by atoms with E-state index in [-0.39, 0.29) is 11.3 Å². The summed E-state index contributed by atoms with van der Waals surface area (Å²) < 4.78 is 1.81. The third kappa shape index (κ3) is 3.75. The van der Waals surface area contributed by atoms with Crippen molar-refractivity contribution in [1.82, 2.24) is 9.78 Å². The molecule has 0 amide bonds. The predicted molar refractivity (Wildman–Crippen MR) is 81.5 cm³/mol. The van der Waals surface area contributed by atoms with E-state index in [4.69, 9.17) is 17.3 Å². The molecule has 2 atom stereocenters. The van der Waals surface area contributed by atoms with E-state index in [1.165, 1.54) is 4.90 Å². The fourth-order valence-corrected chi connectivity index (χ4v) is 3.20. The SMILES string of the molecule is CCC(N)C(Sc1ccc(Cl)cc1)c1cnn(C)c1. The van der Waals surface area contributed by atoms with Crippen LogP contribution in [-0.4, -0.2) is 15.8 Å². The second-order valence-electron chi connectivity index (χ2n) is 4.51. The van der Waals surface area contributed by atoms with Crippen molar-refractivity contribution in [3.8, 4) is 0 Å². The van der Waals surface area contributed by atoms with Gasteiger partial charge in [0, 0.05) is 34.8 Å². The Balaban J connectivity index is 2.21. The minimum absolute atomic E-state index is 0.102. The summed E-state index contributed by atoms with van der Waals surface area (Å²) >= 11 is 7.67. The van der Waals surface area contributed by atoms with E-state index in [1.54, 1.807) is 11.8 Å². The number of aromatic nitrogens is 2. The van der Waals surface area contributed by atoms with Crippen molar-refractivity contribution in [2.75, 3.05) is 0 Å². The Morgan fingerprint density at radius 3 is 2.58 bits per heavy atom. The van der Waals surface area contributed by atoms with Crippen LogP contribution in [0.2, 0.25) is 5.02 Å². The number of hydrogen-bond acceptors (Lipinski definition) is 3. The van der Waals surface area contributed by atoms with Crippen LogP contribution < -0.4 is 5.73 Å². The summed E-state index contributed by atoms with van der Waals surface area (Å²) in [4.78, 5) is 1.17. The first-order valence-electron chi connectivity index (χ1n) is 6.26. The Bertz CT molecular complexity index is 524. The molecular formula is C14H18ClN3S. The lowest BCUT2D eigenvalue weighted by Gasteiger charge is -2.21. The Hall–Kier alpha value is -0.970. The second-order valence-corrected chi connectivity index (χ2v) is 6.16. The first-order valence-corrected chi connectivity index (χ1v) is 7.52.